The maximum atomic E-state index is 13.6. The number of carboxylic acids is 1. The monoisotopic (exact) mass is 287 g/mol. The van der Waals surface area contributed by atoms with Gasteiger partial charge in [0.25, 0.3) is 0 Å². The lowest BCUT2D eigenvalue weighted by atomic mass is 10.1. The summed E-state index contributed by atoms with van der Waals surface area (Å²) in [5, 5.41) is 19.6. The zero-order valence-electron chi connectivity index (χ0n) is 9.07. The van der Waals surface area contributed by atoms with E-state index in [2.05, 4.69) is 10.3 Å². The number of rotatable bonds is 2. The Bertz CT molecular complexity index is 557. The van der Waals surface area contributed by atoms with E-state index in [1.54, 1.807) is 12.4 Å². The van der Waals surface area contributed by atoms with Gasteiger partial charge in [-0.3, -0.25) is 5.32 Å². The first kappa shape index (κ1) is 14.3. The van der Waals surface area contributed by atoms with Crippen molar-refractivity contribution in [3.05, 3.63) is 28.5 Å². The normalized spacial score (nSPS) is 10.9. The summed E-state index contributed by atoms with van der Waals surface area (Å²) < 4.78 is 13.6. The van der Waals surface area contributed by atoms with E-state index in [9.17, 15) is 9.18 Å². The molecule has 1 rings (SSSR count). The molecule has 18 heavy (non-hydrogen) atoms. The zero-order valence-corrected chi connectivity index (χ0v) is 10.6. The second kappa shape index (κ2) is 6.23. The molecule has 5 nitrogen and oxygen atoms in total. The van der Waals surface area contributed by atoms with Crippen LogP contribution in [-0.4, -0.2) is 22.5 Å². The third-order valence-corrected chi connectivity index (χ3v) is 2.76. The van der Waals surface area contributed by atoms with Crippen LogP contribution in [0.15, 0.2) is 17.1 Å². The number of carbonyl (C=O) groups is 1. The van der Waals surface area contributed by atoms with Gasteiger partial charge in [-0.1, -0.05) is 23.4 Å². The average molecular weight is 288 g/mol. The van der Waals surface area contributed by atoms with Crippen LogP contribution in [0, 0.1) is 17.3 Å². The third-order valence-electron chi connectivity index (χ3n) is 1.86. The first-order chi connectivity index (χ1) is 8.51. The molecular weight excluding hydrogens is 281 g/mol. The van der Waals surface area contributed by atoms with Gasteiger partial charge in [-0.25, -0.2) is 14.2 Å². The predicted molar refractivity (Wildman–Crippen MR) is 67.7 cm³/mol. The number of aromatic carboxylic acids is 1. The number of carboxylic acid groups (broad SMARTS) is 1. The largest absolute Gasteiger partial charge is 0.478 e. The Morgan fingerprint density at radius 2 is 2.33 bits per heavy atom. The van der Waals surface area contributed by atoms with Gasteiger partial charge >= 0.3 is 5.97 Å². The van der Waals surface area contributed by atoms with Crippen molar-refractivity contribution in [1.29, 1.82) is 5.26 Å². The summed E-state index contributed by atoms with van der Waals surface area (Å²) in [5.74, 6) is -2.22. The standard InChI is InChI=1S/C10H7ClFN3O2S/c1-18-10(14-4-13)15-8-6(12)3-2-5(11)7(8)9(16)17/h2-3H,1H3,(H,14,15)(H,16,17). The molecular formula is C10H7ClFN3O2S. The fourth-order valence-electron chi connectivity index (χ4n) is 1.13. The summed E-state index contributed by atoms with van der Waals surface area (Å²) in [6.45, 7) is 0. The summed E-state index contributed by atoms with van der Waals surface area (Å²) in [4.78, 5) is 14.8. The highest BCUT2D eigenvalue weighted by atomic mass is 35.5. The number of hydrogen-bond acceptors (Lipinski definition) is 4. The number of thioether (sulfide) groups is 1. The van der Waals surface area contributed by atoms with E-state index in [0.717, 1.165) is 23.9 Å². The highest BCUT2D eigenvalue weighted by Gasteiger charge is 2.19. The lowest BCUT2D eigenvalue weighted by Gasteiger charge is -2.06. The first-order valence-corrected chi connectivity index (χ1v) is 6.10. The molecule has 0 unspecified atom stereocenters. The molecule has 0 aliphatic heterocycles. The second-order valence-corrected chi connectivity index (χ2v) is 4.12. The van der Waals surface area contributed by atoms with Crippen LogP contribution < -0.4 is 5.32 Å². The van der Waals surface area contributed by atoms with E-state index < -0.39 is 23.0 Å². The fraction of sp³-hybridized carbons (Fsp3) is 0.100. The van der Waals surface area contributed by atoms with Gasteiger partial charge in [-0.2, -0.15) is 5.26 Å². The van der Waals surface area contributed by atoms with Crippen LogP contribution in [0.4, 0.5) is 10.1 Å². The van der Waals surface area contributed by atoms with Gasteiger partial charge in [0.1, 0.15) is 17.1 Å². The van der Waals surface area contributed by atoms with E-state index in [0.29, 0.717) is 0 Å². The lowest BCUT2D eigenvalue weighted by molar-refractivity contribution is 0.0697. The minimum atomic E-state index is -1.39. The third kappa shape index (κ3) is 3.12. The van der Waals surface area contributed by atoms with Crippen LogP contribution in [0.2, 0.25) is 5.02 Å². The van der Waals surface area contributed by atoms with Gasteiger partial charge < -0.3 is 5.11 Å². The lowest BCUT2D eigenvalue weighted by Crippen LogP contribution is -2.13. The highest BCUT2D eigenvalue weighted by molar-refractivity contribution is 8.13. The fourth-order valence-corrected chi connectivity index (χ4v) is 1.69. The molecule has 94 valence electrons. The molecule has 0 aliphatic rings. The average Bonchev–Trinajstić information content (AvgIpc) is 2.32. The molecule has 0 heterocycles. The molecule has 0 fully saturated rings. The summed E-state index contributed by atoms with van der Waals surface area (Å²) in [7, 11) is 0. The Kier molecular flexibility index (Phi) is 4.95. The molecule has 0 atom stereocenters. The zero-order chi connectivity index (χ0) is 13.7. The van der Waals surface area contributed by atoms with E-state index in [1.165, 1.54) is 0 Å². The number of nitrogens with zero attached hydrogens (tertiary/aromatic N) is 2. The Hall–Kier alpha value is -1.78. The second-order valence-electron chi connectivity index (χ2n) is 2.92. The van der Waals surface area contributed by atoms with Crippen molar-refractivity contribution in [2.75, 3.05) is 6.26 Å². The van der Waals surface area contributed by atoms with Crippen molar-refractivity contribution in [2.24, 2.45) is 4.99 Å². The number of aliphatic imine (C=N–C) groups is 1. The van der Waals surface area contributed by atoms with Gasteiger partial charge in [0, 0.05) is 0 Å². The van der Waals surface area contributed by atoms with Crippen LogP contribution in [0.3, 0.4) is 0 Å². The Morgan fingerprint density at radius 1 is 1.67 bits per heavy atom. The number of hydrogen-bond donors (Lipinski definition) is 2. The molecule has 0 aromatic heterocycles. The minimum Gasteiger partial charge on any atom is -0.478 e. The molecule has 0 amide bonds. The number of benzene rings is 1. The molecule has 1 aromatic rings. The molecule has 1 aromatic carbocycles. The number of halogens is 2. The predicted octanol–water partition coefficient (Wildman–Crippen LogP) is 2.60. The summed E-state index contributed by atoms with van der Waals surface area (Å²) in [6, 6.07) is 2.15. The van der Waals surface area contributed by atoms with Gasteiger partial charge in [0.15, 0.2) is 11.4 Å². The van der Waals surface area contributed by atoms with E-state index >= 15 is 0 Å². The van der Waals surface area contributed by atoms with Crippen molar-refractivity contribution in [3.8, 4) is 6.19 Å². The Labute approximate surface area is 111 Å². The van der Waals surface area contributed by atoms with Gasteiger partial charge in [-0.05, 0) is 18.4 Å². The quantitative estimate of drug-likeness (QED) is 0.378. The van der Waals surface area contributed by atoms with Crippen molar-refractivity contribution in [3.63, 3.8) is 0 Å². The molecule has 2 N–H and O–H groups in total. The topological polar surface area (TPSA) is 85.5 Å². The van der Waals surface area contributed by atoms with Gasteiger partial charge in [0.2, 0.25) is 0 Å². The smallest absolute Gasteiger partial charge is 0.339 e. The maximum Gasteiger partial charge on any atom is 0.339 e. The SMILES string of the molecule is CSC(=Nc1c(F)ccc(Cl)c1C(=O)O)NC#N. The summed E-state index contributed by atoms with van der Waals surface area (Å²) >= 11 is 6.73. The molecule has 0 aliphatic carbocycles. The Morgan fingerprint density at radius 3 is 2.83 bits per heavy atom. The van der Waals surface area contributed by atoms with Crippen molar-refractivity contribution < 1.29 is 14.3 Å². The van der Waals surface area contributed by atoms with Crippen molar-refractivity contribution >= 4 is 40.2 Å². The van der Waals surface area contributed by atoms with E-state index in [-0.39, 0.29) is 10.2 Å². The molecule has 8 heteroatoms. The number of nitrogens with one attached hydrogen (secondary N) is 1. The van der Waals surface area contributed by atoms with Crippen LogP contribution in [0.25, 0.3) is 0 Å². The van der Waals surface area contributed by atoms with E-state index in [4.69, 9.17) is 22.0 Å². The van der Waals surface area contributed by atoms with Crippen molar-refractivity contribution in [2.45, 2.75) is 0 Å². The van der Waals surface area contributed by atoms with Crippen LogP contribution >= 0.6 is 23.4 Å². The number of amidine groups is 1. The van der Waals surface area contributed by atoms with Crippen LogP contribution in [0.5, 0.6) is 0 Å². The molecule has 0 spiro atoms. The molecule has 0 bridgehead atoms. The Balaban J connectivity index is 3.44. The van der Waals surface area contributed by atoms with Crippen molar-refractivity contribution in [1.82, 2.24) is 5.32 Å². The summed E-state index contributed by atoms with van der Waals surface area (Å²) in [6.07, 6.45) is 3.22. The number of nitriles is 1. The molecule has 0 saturated carbocycles. The minimum absolute atomic E-state index is 0.0705. The van der Waals surface area contributed by atoms with Gasteiger partial charge in [0.05, 0.1) is 5.02 Å². The summed E-state index contributed by atoms with van der Waals surface area (Å²) in [5.41, 5.74) is -0.856. The molecule has 0 radical (unpaired) electrons. The maximum absolute atomic E-state index is 13.6. The molecule has 0 saturated heterocycles. The first-order valence-electron chi connectivity index (χ1n) is 4.50. The van der Waals surface area contributed by atoms with Gasteiger partial charge in [-0.15, -0.1) is 0 Å². The van der Waals surface area contributed by atoms with Crippen LogP contribution in [-0.2, 0) is 0 Å². The highest BCUT2D eigenvalue weighted by Crippen LogP contribution is 2.30. The van der Waals surface area contributed by atoms with E-state index in [1.807, 2.05) is 0 Å². The van der Waals surface area contributed by atoms with Crippen LogP contribution in [0.1, 0.15) is 10.4 Å².